The van der Waals surface area contributed by atoms with Gasteiger partial charge in [-0.1, -0.05) is 42.5 Å². The second-order valence-electron chi connectivity index (χ2n) is 5.33. The first-order valence-electron chi connectivity index (χ1n) is 7.22. The van der Waals surface area contributed by atoms with E-state index in [1.54, 1.807) is 0 Å². The van der Waals surface area contributed by atoms with Crippen molar-refractivity contribution in [2.45, 2.75) is 25.7 Å². The number of fused-ring (bicyclic) bond motifs is 1. The van der Waals surface area contributed by atoms with Crippen LogP contribution in [0, 0.1) is 0 Å². The van der Waals surface area contributed by atoms with Crippen molar-refractivity contribution in [1.29, 1.82) is 0 Å². The molecule has 0 aliphatic heterocycles. The lowest BCUT2D eigenvalue weighted by molar-refractivity contribution is 0.0832. The average Bonchev–Trinajstić information content (AvgIpc) is 2.54. The molecule has 2 aromatic carbocycles. The van der Waals surface area contributed by atoms with Crippen LogP contribution in [-0.4, -0.2) is 17.9 Å². The summed E-state index contributed by atoms with van der Waals surface area (Å²) in [6, 6.07) is 14.0. The maximum Gasteiger partial charge on any atom is 0.258 e. The Morgan fingerprint density at radius 1 is 1.05 bits per heavy atom. The number of hydrogen-bond donors (Lipinski definition) is 0. The summed E-state index contributed by atoms with van der Waals surface area (Å²) >= 11 is 0. The van der Waals surface area contributed by atoms with Gasteiger partial charge in [-0.2, -0.15) is 0 Å². The molecule has 2 heteroatoms. The summed E-state index contributed by atoms with van der Waals surface area (Å²) in [5, 5.41) is 2.15. The first-order valence-corrected chi connectivity index (χ1v) is 7.22. The molecule has 1 amide bonds. The molecule has 2 aromatic rings. The van der Waals surface area contributed by atoms with Crippen molar-refractivity contribution in [3.8, 4) is 0 Å². The lowest BCUT2D eigenvalue weighted by Crippen LogP contribution is -2.27. The van der Waals surface area contributed by atoms with Gasteiger partial charge in [-0.15, -0.1) is 0 Å². The van der Waals surface area contributed by atoms with E-state index in [1.807, 2.05) is 54.4 Å². The quantitative estimate of drug-likeness (QED) is 0.789. The fraction of sp³-hybridized carbons (Fsp3) is 0.278. The molecule has 102 valence electrons. The Labute approximate surface area is 119 Å². The molecule has 0 fully saturated rings. The first-order chi connectivity index (χ1) is 9.77. The summed E-state index contributed by atoms with van der Waals surface area (Å²) in [4.78, 5) is 14.6. The topological polar surface area (TPSA) is 20.3 Å². The standard InChI is InChI=1S/C18H19NO/c1-19(15-10-3-2-4-11-15)18(20)17-13-7-9-14-8-5-6-12-16(14)17/h5-10,12-13H,2-4,11H2,1H3. The molecule has 2 nitrogen and oxygen atoms in total. The Morgan fingerprint density at radius 2 is 1.85 bits per heavy atom. The number of nitrogens with zero attached hydrogens (tertiary/aromatic N) is 1. The minimum Gasteiger partial charge on any atom is -0.316 e. The van der Waals surface area contributed by atoms with Gasteiger partial charge in [0, 0.05) is 18.3 Å². The molecule has 0 saturated carbocycles. The van der Waals surface area contributed by atoms with Crippen LogP contribution in [0.4, 0.5) is 0 Å². The maximum absolute atomic E-state index is 12.7. The van der Waals surface area contributed by atoms with E-state index < -0.39 is 0 Å². The summed E-state index contributed by atoms with van der Waals surface area (Å²) in [5.74, 6) is 0.0925. The van der Waals surface area contributed by atoms with Gasteiger partial charge in [0.15, 0.2) is 0 Å². The number of carbonyl (C=O) groups excluding carboxylic acids is 1. The van der Waals surface area contributed by atoms with Crippen LogP contribution < -0.4 is 0 Å². The SMILES string of the molecule is CN(C(=O)c1cccc2ccccc12)C1=CCCCC1. The third-order valence-corrected chi connectivity index (χ3v) is 4.02. The second kappa shape index (κ2) is 5.49. The molecular weight excluding hydrogens is 246 g/mol. The highest BCUT2D eigenvalue weighted by atomic mass is 16.2. The van der Waals surface area contributed by atoms with E-state index in [-0.39, 0.29) is 5.91 Å². The summed E-state index contributed by atoms with van der Waals surface area (Å²) in [6.45, 7) is 0. The van der Waals surface area contributed by atoms with Gasteiger partial charge >= 0.3 is 0 Å². The summed E-state index contributed by atoms with van der Waals surface area (Å²) in [5.41, 5.74) is 1.95. The van der Waals surface area contributed by atoms with Crippen LogP contribution in [0.3, 0.4) is 0 Å². The van der Waals surface area contributed by atoms with Crippen molar-refractivity contribution in [3.05, 3.63) is 59.8 Å². The molecule has 1 aliphatic carbocycles. The zero-order valence-electron chi connectivity index (χ0n) is 11.8. The van der Waals surface area contributed by atoms with Gasteiger partial charge in [-0.25, -0.2) is 0 Å². The fourth-order valence-electron chi connectivity index (χ4n) is 2.85. The van der Waals surface area contributed by atoms with Crippen LogP contribution in [0.2, 0.25) is 0 Å². The number of amides is 1. The van der Waals surface area contributed by atoms with Crippen LogP contribution >= 0.6 is 0 Å². The molecule has 0 bridgehead atoms. The lowest BCUT2D eigenvalue weighted by Gasteiger charge is -2.24. The minimum atomic E-state index is 0.0925. The van der Waals surface area contributed by atoms with Crippen LogP contribution in [0.15, 0.2) is 54.2 Å². The van der Waals surface area contributed by atoms with Crippen LogP contribution in [0.1, 0.15) is 36.0 Å². The highest BCUT2D eigenvalue weighted by molar-refractivity contribution is 6.07. The number of benzene rings is 2. The largest absolute Gasteiger partial charge is 0.316 e. The molecule has 20 heavy (non-hydrogen) atoms. The zero-order chi connectivity index (χ0) is 13.9. The van der Waals surface area contributed by atoms with Gasteiger partial charge in [0.1, 0.15) is 0 Å². The second-order valence-corrected chi connectivity index (χ2v) is 5.33. The summed E-state index contributed by atoms with van der Waals surface area (Å²) in [6.07, 6.45) is 6.71. The molecule has 0 N–H and O–H groups in total. The van der Waals surface area contributed by atoms with E-state index in [9.17, 15) is 4.79 Å². The maximum atomic E-state index is 12.7. The van der Waals surface area contributed by atoms with Gasteiger partial charge in [0.2, 0.25) is 0 Å². The van der Waals surface area contributed by atoms with Gasteiger partial charge in [0.25, 0.3) is 5.91 Å². The predicted molar refractivity (Wildman–Crippen MR) is 82.6 cm³/mol. The Bertz CT molecular complexity index is 667. The van der Waals surface area contributed by atoms with Gasteiger partial charge < -0.3 is 4.90 Å². The molecule has 0 radical (unpaired) electrons. The smallest absolute Gasteiger partial charge is 0.258 e. The highest BCUT2D eigenvalue weighted by Crippen LogP contribution is 2.24. The lowest BCUT2D eigenvalue weighted by atomic mass is 10.0. The van der Waals surface area contributed by atoms with E-state index in [0.29, 0.717) is 0 Å². The van der Waals surface area contributed by atoms with Crippen molar-refractivity contribution >= 4 is 16.7 Å². The molecule has 0 heterocycles. The van der Waals surface area contributed by atoms with Crippen molar-refractivity contribution in [3.63, 3.8) is 0 Å². The number of hydrogen-bond acceptors (Lipinski definition) is 1. The molecule has 1 aliphatic rings. The predicted octanol–water partition coefficient (Wildman–Crippen LogP) is 4.37. The highest BCUT2D eigenvalue weighted by Gasteiger charge is 2.18. The van der Waals surface area contributed by atoms with E-state index in [2.05, 4.69) is 6.08 Å². The van der Waals surface area contributed by atoms with E-state index in [0.717, 1.165) is 34.9 Å². The Balaban J connectivity index is 1.98. The normalized spacial score (nSPS) is 14.9. The zero-order valence-corrected chi connectivity index (χ0v) is 11.8. The van der Waals surface area contributed by atoms with Gasteiger partial charge in [-0.05, 0) is 42.5 Å². The summed E-state index contributed by atoms with van der Waals surface area (Å²) in [7, 11) is 1.89. The van der Waals surface area contributed by atoms with Crippen molar-refractivity contribution in [2.24, 2.45) is 0 Å². The number of carbonyl (C=O) groups is 1. The Kier molecular flexibility index (Phi) is 3.55. The van der Waals surface area contributed by atoms with E-state index in [4.69, 9.17) is 0 Å². The number of rotatable bonds is 2. The van der Waals surface area contributed by atoms with Crippen LogP contribution in [0.25, 0.3) is 10.8 Å². The molecule has 3 rings (SSSR count). The monoisotopic (exact) mass is 265 g/mol. The molecular formula is C18H19NO. The molecule has 0 aromatic heterocycles. The molecule has 0 unspecified atom stereocenters. The minimum absolute atomic E-state index is 0.0925. The summed E-state index contributed by atoms with van der Waals surface area (Å²) < 4.78 is 0. The Hall–Kier alpha value is -2.09. The van der Waals surface area contributed by atoms with Crippen LogP contribution in [-0.2, 0) is 0 Å². The molecule has 0 atom stereocenters. The average molecular weight is 265 g/mol. The van der Waals surface area contributed by atoms with E-state index in [1.165, 1.54) is 12.8 Å². The van der Waals surface area contributed by atoms with Gasteiger partial charge in [-0.3, -0.25) is 4.79 Å². The first kappa shape index (κ1) is 12.9. The fourth-order valence-corrected chi connectivity index (χ4v) is 2.85. The third kappa shape index (κ3) is 2.34. The molecule has 0 saturated heterocycles. The van der Waals surface area contributed by atoms with E-state index >= 15 is 0 Å². The van der Waals surface area contributed by atoms with Crippen LogP contribution in [0.5, 0.6) is 0 Å². The van der Waals surface area contributed by atoms with Gasteiger partial charge in [0.05, 0.1) is 0 Å². The van der Waals surface area contributed by atoms with Crippen molar-refractivity contribution < 1.29 is 4.79 Å². The van der Waals surface area contributed by atoms with Crippen molar-refractivity contribution in [1.82, 2.24) is 4.90 Å². The number of allylic oxidation sites excluding steroid dienone is 2. The Morgan fingerprint density at radius 3 is 2.65 bits per heavy atom. The third-order valence-electron chi connectivity index (χ3n) is 4.02. The van der Waals surface area contributed by atoms with Crippen molar-refractivity contribution in [2.75, 3.05) is 7.05 Å². The molecule has 0 spiro atoms.